The van der Waals surface area contributed by atoms with Crippen molar-refractivity contribution in [3.8, 4) is 5.69 Å². The van der Waals surface area contributed by atoms with Crippen molar-refractivity contribution < 1.29 is 19.2 Å². The number of nitrogens with zero attached hydrogens (tertiary/aromatic N) is 2. The summed E-state index contributed by atoms with van der Waals surface area (Å²) in [6, 6.07) is 16.2. The largest absolute Gasteiger partial charge is 0.454 e. The zero-order valence-corrected chi connectivity index (χ0v) is 15.4. The molecule has 0 bridgehead atoms. The monoisotopic (exact) mass is 378 g/mol. The smallest absolute Gasteiger partial charge is 0.338 e. The van der Waals surface area contributed by atoms with Gasteiger partial charge in [-0.2, -0.15) is 0 Å². The fraction of sp³-hybridized carbons (Fsp3) is 0.143. The molecule has 0 radical (unpaired) electrons. The molecule has 0 fully saturated rings. The summed E-state index contributed by atoms with van der Waals surface area (Å²) in [7, 11) is 0. The Hall–Kier alpha value is -3.74. The highest BCUT2D eigenvalue weighted by atomic mass is 16.6. The van der Waals surface area contributed by atoms with Crippen LogP contribution in [0.25, 0.3) is 5.69 Å². The highest BCUT2D eigenvalue weighted by molar-refractivity contribution is 5.99. The van der Waals surface area contributed by atoms with E-state index in [1.807, 2.05) is 26.0 Å². The van der Waals surface area contributed by atoms with Crippen LogP contribution < -0.4 is 0 Å². The molecule has 2 aromatic carbocycles. The third kappa shape index (κ3) is 3.98. The summed E-state index contributed by atoms with van der Waals surface area (Å²) in [6.45, 7) is 3.50. The molecule has 0 aliphatic rings. The van der Waals surface area contributed by atoms with Crippen molar-refractivity contribution in [2.45, 2.75) is 13.8 Å². The average Bonchev–Trinajstić information content (AvgIpc) is 3.04. The van der Waals surface area contributed by atoms with E-state index in [0.717, 1.165) is 23.1 Å². The SMILES string of the molecule is Cc1ccc(C)n1-c1ccc(C(=O)OCC(=O)c2cccc([N+](=O)[O-])c2)cc1. The zero-order chi connectivity index (χ0) is 20.3. The molecule has 3 aromatic rings. The van der Waals surface area contributed by atoms with E-state index in [0.29, 0.717) is 5.56 Å². The van der Waals surface area contributed by atoms with Crippen molar-refractivity contribution in [1.29, 1.82) is 0 Å². The van der Waals surface area contributed by atoms with Crippen LogP contribution >= 0.6 is 0 Å². The summed E-state index contributed by atoms with van der Waals surface area (Å²) in [6.07, 6.45) is 0. The van der Waals surface area contributed by atoms with Crippen LogP contribution in [0.5, 0.6) is 0 Å². The van der Waals surface area contributed by atoms with Crippen molar-refractivity contribution in [2.24, 2.45) is 0 Å². The van der Waals surface area contributed by atoms with Gasteiger partial charge in [-0.3, -0.25) is 14.9 Å². The number of Topliss-reactive ketones (excluding diaryl/α,β-unsaturated/α-hetero) is 1. The number of hydrogen-bond acceptors (Lipinski definition) is 5. The van der Waals surface area contributed by atoms with Gasteiger partial charge < -0.3 is 9.30 Å². The number of hydrogen-bond donors (Lipinski definition) is 0. The first-order valence-corrected chi connectivity index (χ1v) is 8.57. The fourth-order valence-corrected chi connectivity index (χ4v) is 2.91. The predicted octanol–water partition coefficient (Wildman–Crippen LogP) is 4.04. The van der Waals surface area contributed by atoms with E-state index in [1.165, 1.54) is 18.2 Å². The Bertz CT molecular complexity index is 1030. The predicted molar refractivity (Wildman–Crippen MR) is 103 cm³/mol. The van der Waals surface area contributed by atoms with Gasteiger partial charge in [-0.05, 0) is 50.2 Å². The number of aryl methyl sites for hydroxylation is 2. The number of nitro groups is 1. The van der Waals surface area contributed by atoms with Crippen LogP contribution in [0.4, 0.5) is 5.69 Å². The molecular formula is C21H18N2O5. The molecule has 7 nitrogen and oxygen atoms in total. The maximum atomic E-state index is 12.2. The first-order valence-electron chi connectivity index (χ1n) is 8.57. The van der Waals surface area contributed by atoms with E-state index in [9.17, 15) is 19.7 Å². The van der Waals surface area contributed by atoms with Crippen molar-refractivity contribution in [3.05, 3.63) is 93.3 Å². The summed E-state index contributed by atoms with van der Waals surface area (Å²) in [5.41, 5.74) is 3.33. The van der Waals surface area contributed by atoms with Gasteiger partial charge in [0, 0.05) is 34.8 Å². The topological polar surface area (TPSA) is 91.4 Å². The second-order valence-corrected chi connectivity index (χ2v) is 6.31. The maximum absolute atomic E-state index is 12.2. The summed E-state index contributed by atoms with van der Waals surface area (Å²) < 4.78 is 7.11. The first-order chi connectivity index (χ1) is 13.4. The highest BCUT2D eigenvalue weighted by Crippen LogP contribution is 2.18. The zero-order valence-electron chi connectivity index (χ0n) is 15.4. The van der Waals surface area contributed by atoms with E-state index < -0.39 is 23.3 Å². The molecule has 0 N–H and O–H groups in total. The number of aromatic nitrogens is 1. The molecule has 0 saturated carbocycles. The Morgan fingerprint density at radius 2 is 1.61 bits per heavy atom. The van der Waals surface area contributed by atoms with Crippen LogP contribution in [0, 0.1) is 24.0 Å². The van der Waals surface area contributed by atoms with Gasteiger partial charge in [0.05, 0.1) is 10.5 Å². The van der Waals surface area contributed by atoms with E-state index in [4.69, 9.17) is 4.74 Å². The molecule has 142 valence electrons. The summed E-state index contributed by atoms with van der Waals surface area (Å²) >= 11 is 0. The second kappa shape index (κ2) is 7.87. The lowest BCUT2D eigenvalue weighted by atomic mass is 10.1. The third-order valence-corrected chi connectivity index (χ3v) is 4.35. The number of nitro benzene ring substituents is 1. The Morgan fingerprint density at radius 3 is 2.21 bits per heavy atom. The van der Waals surface area contributed by atoms with Gasteiger partial charge in [0.2, 0.25) is 5.78 Å². The maximum Gasteiger partial charge on any atom is 0.338 e. The Kier molecular flexibility index (Phi) is 5.35. The molecule has 3 rings (SSSR count). The average molecular weight is 378 g/mol. The number of rotatable bonds is 6. The summed E-state index contributed by atoms with van der Waals surface area (Å²) in [4.78, 5) is 34.5. The van der Waals surface area contributed by atoms with Gasteiger partial charge in [0.1, 0.15) is 0 Å². The Morgan fingerprint density at radius 1 is 0.964 bits per heavy atom. The van der Waals surface area contributed by atoms with Crippen LogP contribution in [0.2, 0.25) is 0 Å². The Labute approximate surface area is 161 Å². The molecule has 1 heterocycles. The molecule has 1 aromatic heterocycles. The molecule has 0 saturated heterocycles. The summed E-state index contributed by atoms with van der Waals surface area (Å²) in [5.74, 6) is -1.14. The lowest BCUT2D eigenvalue weighted by Gasteiger charge is -2.10. The number of ketones is 1. The number of carbonyl (C=O) groups excluding carboxylic acids is 2. The van der Waals surface area contributed by atoms with E-state index in [1.54, 1.807) is 24.3 Å². The van der Waals surface area contributed by atoms with Crippen LogP contribution in [-0.2, 0) is 4.74 Å². The fourth-order valence-electron chi connectivity index (χ4n) is 2.91. The van der Waals surface area contributed by atoms with Gasteiger partial charge in [0.25, 0.3) is 5.69 Å². The minimum absolute atomic E-state index is 0.121. The van der Waals surface area contributed by atoms with E-state index in [-0.39, 0.29) is 11.3 Å². The standard InChI is InChI=1S/C21H18N2O5/c1-14-6-7-15(2)22(14)18-10-8-16(9-11-18)21(25)28-13-20(24)17-4-3-5-19(12-17)23(26)27/h3-12H,13H2,1-2H3. The van der Waals surface area contributed by atoms with Crippen LogP contribution in [0.1, 0.15) is 32.1 Å². The van der Waals surface area contributed by atoms with Crippen molar-refractivity contribution in [3.63, 3.8) is 0 Å². The second-order valence-electron chi connectivity index (χ2n) is 6.31. The normalized spacial score (nSPS) is 10.5. The first kappa shape index (κ1) is 19.0. The summed E-state index contributed by atoms with van der Waals surface area (Å²) in [5, 5.41) is 10.8. The molecule has 0 spiro atoms. The molecule has 7 heteroatoms. The molecule has 0 aliphatic heterocycles. The molecule has 0 aliphatic carbocycles. The van der Waals surface area contributed by atoms with Gasteiger partial charge in [-0.25, -0.2) is 4.79 Å². The Balaban J connectivity index is 1.66. The number of carbonyl (C=O) groups is 2. The van der Waals surface area contributed by atoms with Gasteiger partial charge >= 0.3 is 5.97 Å². The van der Waals surface area contributed by atoms with Gasteiger partial charge in [-0.15, -0.1) is 0 Å². The van der Waals surface area contributed by atoms with Gasteiger partial charge in [0.15, 0.2) is 6.61 Å². The van der Waals surface area contributed by atoms with Crippen LogP contribution in [-0.4, -0.2) is 27.8 Å². The minimum atomic E-state index is -0.633. The molecular weight excluding hydrogens is 360 g/mol. The van der Waals surface area contributed by atoms with E-state index >= 15 is 0 Å². The molecule has 0 atom stereocenters. The third-order valence-electron chi connectivity index (χ3n) is 4.35. The lowest BCUT2D eigenvalue weighted by Crippen LogP contribution is -2.14. The van der Waals surface area contributed by atoms with Crippen molar-refractivity contribution in [1.82, 2.24) is 4.57 Å². The van der Waals surface area contributed by atoms with Gasteiger partial charge in [-0.1, -0.05) is 12.1 Å². The van der Waals surface area contributed by atoms with E-state index in [2.05, 4.69) is 4.57 Å². The highest BCUT2D eigenvalue weighted by Gasteiger charge is 2.15. The van der Waals surface area contributed by atoms with Crippen molar-refractivity contribution in [2.75, 3.05) is 6.61 Å². The quantitative estimate of drug-likeness (QED) is 0.279. The van der Waals surface area contributed by atoms with Crippen LogP contribution in [0.15, 0.2) is 60.7 Å². The van der Waals surface area contributed by atoms with Crippen LogP contribution in [0.3, 0.4) is 0 Å². The molecule has 0 unspecified atom stereocenters. The number of benzene rings is 2. The van der Waals surface area contributed by atoms with Crippen molar-refractivity contribution >= 4 is 17.4 Å². The lowest BCUT2D eigenvalue weighted by molar-refractivity contribution is -0.384. The number of esters is 1. The molecule has 0 amide bonds. The number of ether oxygens (including phenoxy) is 1. The number of non-ortho nitro benzene ring substituents is 1. The molecule has 28 heavy (non-hydrogen) atoms. The minimum Gasteiger partial charge on any atom is -0.454 e.